The van der Waals surface area contributed by atoms with Crippen LogP contribution in [0.5, 0.6) is 0 Å². The van der Waals surface area contributed by atoms with Gasteiger partial charge in [-0.25, -0.2) is 0 Å². The summed E-state index contributed by atoms with van der Waals surface area (Å²) >= 11 is 10.1. The first-order valence-corrected chi connectivity index (χ1v) is 26.7. The van der Waals surface area contributed by atoms with E-state index in [1.165, 1.54) is 16.2 Å². The quantitative estimate of drug-likeness (QED) is 0.124. The van der Waals surface area contributed by atoms with Crippen molar-refractivity contribution in [2.45, 2.75) is 110 Å². The Morgan fingerprint density at radius 1 is 0.890 bits per heavy atom. The Kier molecular flexibility index (Phi) is 17.1. The molecule has 1 aromatic carbocycles. The highest BCUT2D eigenvalue weighted by Gasteiger charge is 2.45. The van der Waals surface area contributed by atoms with Crippen LogP contribution in [-0.2, 0) is 44.8 Å². The maximum atomic E-state index is 14.2. The van der Waals surface area contributed by atoms with Crippen molar-refractivity contribution >= 4 is 99.0 Å². The van der Waals surface area contributed by atoms with Gasteiger partial charge in [-0.05, 0) is 62.9 Å². The average Bonchev–Trinajstić information content (AvgIpc) is 4.09. The Labute approximate surface area is 438 Å². The second-order valence-electron chi connectivity index (χ2n) is 19.3. The molecule has 7 rings (SSSR count). The number of aliphatic imine (C=N–C) groups is 1. The van der Waals surface area contributed by atoms with Crippen LogP contribution >= 0.6 is 46.0 Å². The van der Waals surface area contributed by atoms with Crippen LogP contribution in [0.15, 0.2) is 41.4 Å². The van der Waals surface area contributed by atoms with Crippen LogP contribution in [0.3, 0.4) is 0 Å². The zero-order valence-electron chi connectivity index (χ0n) is 41.3. The van der Waals surface area contributed by atoms with Gasteiger partial charge in [0.2, 0.25) is 47.3 Å². The van der Waals surface area contributed by atoms with Gasteiger partial charge in [-0.1, -0.05) is 44.5 Å². The number of fused-ring (bicyclic) bond motifs is 4. The van der Waals surface area contributed by atoms with Gasteiger partial charge in [0.15, 0.2) is 5.82 Å². The number of primary amides is 1. The van der Waals surface area contributed by atoms with Crippen LogP contribution < -0.4 is 37.6 Å². The van der Waals surface area contributed by atoms with E-state index in [4.69, 9.17) is 22.3 Å². The fourth-order valence-electron chi connectivity index (χ4n) is 8.67. The molecule has 2 saturated heterocycles. The summed E-state index contributed by atoms with van der Waals surface area (Å²) in [6, 6.07) is 3.34. The smallest absolute Gasteiger partial charge is 0.246 e. The molecule has 0 unspecified atom stereocenters. The number of carbonyl (C=O) groups excluding carboxylic acids is 8. The SMILES string of the molecule is Cc1ccc(C[C@@H]2NC(=O)[C@@H]3C[C@@H](O)CN3C(=O)[C@H](C(C)(C)C)NC(=O)CSC[C@H](C(N)=O)NC(=O)[C@@H](CNC(=O)C[C@@H]3N=C(c4ccc(Cl)cc4)c4c(sc(C)c4C)-n4c(C)nnc43)NC(=O)CNC2=O)s1. The molecular formula is C48H59ClN12O9S3. The summed E-state index contributed by atoms with van der Waals surface area (Å²) in [6.07, 6.45) is -1.51. The number of nitrogens with two attached hydrogens (primary N) is 1. The molecule has 73 heavy (non-hydrogen) atoms. The average molecular weight is 1080 g/mol. The van der Waals surface area contributed by atoms with Gasteiger partial charge < -0.3 is 47.6 Å². The maximum Gasteiger partial charge on any atom is 0.246 e. The van der Waals surface area contributed by atoms with E-state index < -0.39 is 108 Å². The lowest BCUT2D eigenvalue weighted by Crippen LogP contribution is -2.59. The lowest BCUT2D eigenvalue weighted by atomic mass is 9.85. The van der Waals surface area contributed by atoms with Crippen molar-refractivity contribution in [2.75, 3.05) is 31.1 Å². The Bertz CT molecular complexity index is 2840. The first-order valence-electron chi connectivity index (χ1n) is 23.5. The molecule has 7 atom stereocenters. The van der Waals surface area contributed by atoms with E-state index >= 15 is 0 Å². The largest absolute Gasteiger partial charge is 0.391 e. The number of nitrogens with one attached hydrogen (secondary N) is 6. The third-order valence-electron chi connectivity index (χ3n) is 12.6. The number of nitrogens with zero attached hydrogens (tertiary/aromatic N) is 5. The molecule has 0 radical (unpaired) electrons. The minimum absolute atomic E-state index is 0.000407. The minimum Gasteiger partial charge on any atom is -0.391 e. The van der Waals surface area contributed by atoms with E-state index in [2.05, 4.69) is 42.1 Å². The number of carbonyl (C=O) groups is 8. The van der Waals surface area contributed by atoms with Crippen LogP contribution in [0.2, 0.25) is 5.02 Å². The summed E-state index contributed by atoms with van der Waals surface area (Å²) in [4.78, 5) is 119. The second kappa shape index (κ2) is 22.9. The standard InChI is InChI=1S/C48H59ClN12O9S3/c1-22-8-13-29(72-22)15-31-43(67)52-18-36(64)53-32(44(68)56-33(41(50)66)20-71-21-37(65)57-40(48(5,6)7)46(70)60-19-28(62)14-34(60)45(69)55-31)17-51-35(63)16-30-42-59-58-25(4)61(42)47-38(23(2)24(3)73-47)39(54-30)26-9-11-27(49)12-10-26/h8-13,28,30-34,40,62H,14-21H2,1-7H3,(H2,50,66)(H,51,63)(H,52,67)(H,53,64)(H,55,69)(H,56,68)(H,57,65)/t28-,30+,31+,32-,33-,34+,40-/m1/s1. The topological polar surface area (TPSA) is 301 Å². The molecule has 0 spiro atoms. The molecule has 25 heteroatoms. The number of aromatic nitrogens is 3. The number of hydrogen-bond acceptors (Lipinski definition) is 15. The van der Waals surface area contributed by atoms with Crippen molar-refractivity contribution in [1.82, 2.24) is 51.6 Å². The zero-order valence-corrected chi connectivity index (χ0v) is 44.5. The van der Waals surface area contributed by atoms with Gasteiger partial charge in [-0.3, -0.25) is 47.9 Å². The minimum atomic E-state index is -1.55. The molecule has 3 aliphatic rings. The molecule has 3 aromatic heterocycles. The van der Waals surface area contributed by atoms with Crippen molar-refractivity contribution in [1.29, 1.82) is 0 Å². The number of thioether (sulfide) groups is 1. The molecule has 9 N–H and O–H groups in total. The third kappa shape index (κ3) is 12.9. The van der Waals surface area contributed by atoms with Crippen molar-refractivity contribution in [3.8, 4) is 5.00 Å². The normalized spacial score (nSPS) is 23.8. The van der Waals surface area contributed by atoms with Gasteiger partial charge in [0.25, 0.3) is 0 Å². The van der Waals surface area contributed by atoms with Gasteiger partial charge >= 0.3 is 0 Å². The van der Waals surface area contributed by atoms with Crippen LogP contribution in [0.25, 0.3) is 5.00 Å². The van der Waals surface area contributed by atoms with E-state index in [1.54, 1.807) is 57.2 Å². The Morgan fingerprint density at radius 3 is 2.29 bits per heavy atom. The first kappa shape index (κ1) is 54.6. The number of aliphatic hydroxyl groups excluding tert-OH is 1. The summed E-state index contributed by atoms with van der Waals surface area (Å²) in [6.45, 7) is 11.4. The predicted octanol–water partition coefficient (Wildman–Crippen LogP) is 1.21. The van der Waals surface area contributed by atoms with Gasteiger partial charge in [0.1, 0.15) is 47.1 Å². The van der Waals surface area contributed by atoms with E-state index in [9.17, 15) is 43.5 Å². The maximum absolute atomic E-state index is 14.2. The first-order chi connectivity index (χ1) is 34.5. The molecule has 0 bridgehead atoms. The molecule has 0 saturated carbocycles. The van der Waals surface area contributed by atoms with Crippen LogP contribution in [0, 0.1) is 33.1 Å². The second-order valence-corrected chi connectivity index (χ2v) is 23.3. The summed E-state index contributed by atoms with van der Waals surface area (Å²) < 4.78 is 1.88. The number of amides is 8. The summed E-state index contributed by atoms with van der Waals surface area (Å²) in [5.74, 6) is -5.65. The number of aliphatic hydroxyl groups is 1. The monoisotopic (exact) mass is 1080 g/mol. The number of benzene rings is 1. The molecule has 3 aliphatic heterocycles. The van der Waals surface area contributed by atoms with Crippen molar-refractivity contribution in [3.05, 3.63) is 84.4 Å². The van der Waals surface area contributed by atoms with Crippen LogP contribution in [-0.4, -0.2) is 145 Å². The fourth-order valence-corrected chi connectivity index (χ4v) is 11.8. The number of aryl methyl sites for hydroxylation is 3. The molecule has 4 aromatic rings. The van der Waals surface area contributed by atoms with E-state index in [-0.39, 0.29) is 37.3 Å². The summed E-state index contributed by atoms with van der Waals surface area (Å²) in [7, 11) is 0. The molecule has 2 fully saturated rings. The zero-order chi connectivity index (χ0) is 53.1. The van der Waals surface area contributed by atoms with Gasteiger partial charge in [-0.2, -0.15) is 0 Å². The fraction of sp³-hybridized carbons (Fsp3) is 0.479. The van der Waals surface area contributed by atoms with Gasteiger partial charge in [0.05, 0.1) is 30.5 Å². The Morgan fingerprint density at radius 2 is 1.62 bits per heavy atom. The number of rotatable bonds is 8. The number of halogens is 1. The molecule has 0 aliphatic carbocycles. The predicted molar refractivity (Wildman–Crippen MR) is 276 cm³/mol. The molecule has 390 valence electrons. The highest BCUT2D eigenvalue weighted by Crippen LogP contribution is 2.40. The molecule has 6 heterocycles. The van der Waals surface area contributed by atoms with E-state index in [1.807, 2.05) is 43.5 Å². The Balaban J connectivity index is 1.15. The third-order valence-corrected chi connectivity index (χ3v) is 16.1. The lowest BCUT2D eigenvalue weighted by molar-refractivity contribution is -0.144. The van der Waals surface area contributed by atoms with Crippen LogP contribution in [0.4, 0.5) is 0 Å². The van der Waals surface area contributed by atoms with Crippen LogP contribution in [0.1, 0.15) is 82.6 Å². The summed E-state index contributed by atoms with van der Waals surface area (Å²) in [5.41, 5.74) is 8.05. The molecular weight excluding hydrogens is 1020 g/mol. The van der Waals surface area contributed by atoms with E-state index in [0.717, 1.165) is 48.1 Å². The summed E-state index contributed by atoms with van der Waals surface area (Å²) in [5, 5.41) is 36.7. The lowest BCUT2D eigenvalue weighted by Gasteiger charge is -2.35. The molecule has 21 nitrogen and oxygen atoms in total. The van der Waals surface area contributed by atoms with Crippen molar-refractivity contribution in [3.63, 3.8) is 0 Å². The van der Waals surface area contributed by atoms with Crippen molar-refractivity contribution < 1.29 is 43.5 Å². The van der Waals surface area contributed by atoms with Gasteiger partial charge in [0, 0.05) is 62.5 Å². The highest BCUT2D eigenvalue weighted by molar-refractivity contribution is 8.00. The highest BCUT2D eigenvalue weighted by atomic mass is 35.5. The number of hydrogen-bond donors (Lipinski definition) is 8. The van der Waals surface area contributed by atoms with Crippen molar-refractivity contribution in [2.24, 2.45) is 16.1 Å². The Hall–Kier alpha value is -6.21. The van der Waals surface area contributed by atoms with E-state index in [0.29, 0.717) is 22.4 Å². The molecule has 8 amide bonds. The van der Waals surface area contributed by atoms with Gasteiger partial charge in [-0.15, -0.1) is 44.6 Å². The number of thiophene rings is 2.